The summed E-state index contributed by atoms with van der Waals surface area (Å²) in [5.74, 6) is -21.2. The summed E-state index contributed by atoms with van der Waals surface area (Å²) in [6.45, 7) is 1.93. The first-order valence-corrected chi connectivity index (χ1v) is 19.6. The first kappa shape index (κ1) is 39.0. The number of piperidine rings is 1. The van der Waals surface area contributed by atoms with E-state index in [1.807, 2.05) is 30.3 Å². The Kier molecular flexibility index (Phi) is 9.72. The van der Waals surface area contributed by atoms with Crippen LogP contribution >= 0.6 is 45.8 Å². The zero-order chi connectivity index (χ0) is 40.2. The topological polar surface area (TPSA) is 107 Å². The number of anilines is 1. The lowest BCUT2D eigenvalue weighted by Gasteiger charge is -2.50. The number of methoxy groups -OCH3 is 1. The number of benzene rings is 3. The molecule has 2 aliphatic carbocycles. The lowest BCUT2D eigenvalue weighted by molar-refractivity contribution is -0.144. The quantitative estimate of drug-likeness (QED) is 0.0544. The molecule has 5 aliphatic rings. The summed E-state index contributed by atoms with van der Waals surface area (Å²) in [7, 11) is 1.25. The predicted octanol–water partition coefficient (Wildman–Crippen LogP) is 6.93. The van der Waals surface area contributed by atoms with Gasteiger partial charge in [-0.2, -0.15) is 0 Å². The maximum absolute atomic E-state index is 15.4. The third-order valence-corrected chi connectivity index (χ3v) is 14.3. The standard InChI is InChI=1S/C39H31Cl2F5IN3O6/c1-56-24-14-18(13-23(47)33(24)51)26-20-7-8-21-25(35(53)49(34(21)52)19-9-11-48(12-10-19)16-17-5-3-2-4-6-17)22(20)15-38(40)36(54)50(37(55)39(26,38)41)32-30(45)28(43)27(42)29(44)31(32)46/h2-7,13-14,19,21-22,25-26,51H,8-12,15-16H2,1H3/t21-,22+,25-,26-,38+,39-/m0/s1. The Morgan fingerprint density at radius 2 is 1.50 bits per heavy atom. The zero-order valence-corrected chi connectivity index (χ0v) is 33.0. The third kappa shape index (κ3) is 5.46. The third-order valence-electron chi connectivity index (χ3n) is 12.0. The molecule has 6 atom stereocenters. The number of fused-ring (bicyclic) bond motifs is 4. The molecule has 0 aromatic heterocycles. The zero-order valence-electron chi connectivity index (χ0n) is 29.3. The number of phenolic OH excluding ortho intramolecular Hbond substituents is 1. The van der Waals surface area contributed by atoms with Gasteiger partial charge in [-0.05, 0) is 77.5 Å². The first-order valence-electron chi connectivity index (χ1n) is 17.7. The average molecular weight is 930 g/mol. The smallest absolute Gasteiger partial charge is 0.258 e. The maximum Gasteiger partial charge on any atom is 0.258 e. The Morgan fingerprint density at radius 1 is 0.875 bits per heavy atom. The van der Waals surface area contributed by atoms with Crippen LogP contribution in [0.2, 0.25) is 0 Å². The summed E-state index contributed by atoms with van der Waals surface area (Å²) in [5, 5.41) is 10.7. The van der Waals surface area contributed by atoms with E-state index in [1.54, 1.807) is 28.7 Å². The monoisotopic (exact) mass is 929 g/mol. The molecule has 0 spiro atoms. The van der Waals surface area contributed by atoms with Crippen LogP contribution in [0.3, 0.4) is 0 Å². The summed E-state index contributed by atoms with van der Waals surface area (Å²) < 4.78 is 79.5. The lowest BCUT2D eigenvalue weighted by atomic mass is 9.56. The molecule has 3 aromatic rings. The fourth-order valence-electron chi connectivity index (χ4n) is 9.42. The van der Waals surface area contributed by atoms with Crippen molar-refractivity contribution >= 4 is 75.1 Å². The van der Waals surface area contributed by atoms with Gasteiger partial charge in [-0.25, -0.2) is 26.9 Å². The molecule has 8 rings (SSSR count). The molecule has 1 saturated carbocycles. The predicted molar refractivity (Wildman–Crippen MR) is 200 cm³/mol. The molecule has 3 aliphatic heterocycles. The molecule has 3 saturated heterocycles. The van der Waals surface area contributed by atoms with Crippen LogP contribution in [0, 0.1) is 50.4 Å². The number of ether oxygens (including phenoxy) is 1. The number of likely N-dealkylation sites (tertiary alicyclic amines) is 2. The molecule has 4 fully saturated rings. The summed E-state index contributed by atoms with van der Waals surface area (Å²) in [5.41, 5.74) is -0.296. The van der Waals surface area contributed by atoms with Gasteiger partial charge < -0.3 is 9.84 Å². The number of amides is 4. The summed E-state index contributed by atoms with van der Waals surface area (Å²) in [6, 6.07) is 12.2. The summed E-state index contributed by atoms with van der Waals surface area (Å²) in [4.78, 5) is 55.7. The fourth-order valence-corrected chi connectivity index (χ4v) is 11.0. The van der Waals surface area contributed by atoms with Crippen LogP contribution in [0.15, 0.2) is 54.1 Å². The van der Waals surface area contributed by atoms with E-state index in [0.29, 0.717) is 38.0 Å². The van der Waals surface area contributed by atoms with Crippen molar-refractivity contribution in [1.82, 2.24) is 9.80 Å². The number of allylic oxidation sites excluding steroid dienone is 2. The van der Waals surface area contributed by atoms with Crippen LogP contribution in [0.1, 0.15) is 42.7 Å². The molecule has 3 heterocycles. The van der Waals surface area contributed by atoms with Gasteiger partial charge in [0.25, 0.3) is 11.8 Å². The molecule has 294 valence electrons. The maximum atomic E-state index is 15.4. The fraction of sp³-hybridized carbons (Fsp3) is 0.385. The van der Waals surface area contributed by atoms with Gasteiger partial charge in [0.05, 0.1) is 22.5 Å². The Morgan fingerprint density at radius 3 is 2.12 bits per heavy atom. The molecular formula is C39H31Cl2F5IN3O6. The Hall–Kier alpha value is -3.80. The van der Waals surface area contributed by atoms with Crippen LogP contribution in [-0.4, -0.2) is 74.5 Å². The van der Waals surface area contributed by atoms with Crippen molar-refractivity contribution in [2.24, 2.45) is 17.8 Å². The van der Waals surface area contributed by atoms with Gasteiger partial charge in [-0.15, -0.1) is 23.2 Å². The second kappa shape index (κ2) is 13.9. The first-order chi connectivity index (χ1) is 26.6. The van der Waals surface area contributed by atoms with E-state index in [1.165, 1.54) is 24.1 Å². The van der Waals surface area contributed by atoms with Gasteiger partial charge in [0.2, 0.25) is 17.6 Å². The van der Waals surface area contributed by atoms with Crippen LogP contribution in [-0.2, 0) is 25.7 Å². The highest BCUT2D eigenvalue weighted by Gasteiger charge is 2.77. The van der Waals surface area contributed by atoms with Crippen molar-refractivity contribution in [1.29, 1.82) is 0 Å². The lowest BCUT2D eigenvalue weighted by Crippen LogP contribution is -2.60. The number of rotatable bonds is 6. The molecular weight excluding hydrogens is 899 g/mol. The molecule has 1 N–H and O–H groups in total. The number of aromatic hydroxyl groups is 1. The van der Waals surface area contributed by atoms with Crippen LogP contribution < -0.4 is 9.64 Å². The average Bonchev–Trinajstić information content (AvgIpc) is 3.52. The van der Waals surface area contributed by atoms with Crippen molar-refractivity contribution in [2.75, 3.05) is 25.1 Å². The van der Waals surface area contributed by atoms with Gasteiger partial charge in [-0.1, -0.05) is 42.0 Å². The van der Waals surface area contributed by atoms with Gasteiger partial charge in [0, 0.05) is 31.6 Å². The van der Waals surface area contributed by atoms with Crippen molar-refractivity contribution in [3.05, 3.63) is 97.9 Å². The minimum Gasteiger partial charge on any atom is -0.504 e. The van der Waals surface area contributed by atoms with Gasteiger partial charge in [0.1, 0.15) is 5.69 Å². The van der Waals surface area contributed by atoms with Gasteiger partial charge in [-0.3, -0.25) is 29.0 Å². The van der Waals surface area contributed by atoms with Crippen molar-refractivity contribution in [3.8, 4) is 11.5 Å². The van der Waals surface area contributed by atoms with Crippen molar-refractivity contribution < 1.29 is 51.0 Å². The summed E-state index contributed by atoms with van der Waals surface area (Å²) in [6.07, 6.45) is 2.08. The number of carbonyl (C=O) groups is 4. The van der Waals surface area contributed by atoms with E-state index in [0.717, 1.165) is 5.56 Å². The van der Waals surface area contributed by atoms with Gasteiger partial charge >= 0.3 is 0 Å². The normalized spacial score (nSPS) is 29.4. The highest BCUT2D eigenvalue weighted by molar-refractivity contribution is 14.1. The molecule has 0 bridgehead atoms. The highest BCUT2D eigenvalue weighted by Crippen LogP contribution is 2.66. The molecule has 3 aromatic carbocycles. The SMILES string of the molecule is COc1cc([C@H]2C3=CC[C@@H]4C(=O)N(C5CCN(Cc6ccccc6)CC5)C(=O)[C@@H]4[C@@H]3C[C@@]3(Cl)C(=O)N(c4c(F)c(F)c(F)c(F)c4F)C(=O)[C@@]23Cl)cc(I)c1O. The molecule has 17 heteroatoms. The Bertz CT molecular complexity index is 2230. The minimum atomic E-state index is -2.69. The molecule has 4 amide bonds. The number of carbonyl (C=O) groups excluding carboxylic acids is 4. The van der Waals surface area contributed by atoms with E-state index in [-0.39, 0.29) is 32.0 Å². The molecule has 9 nitrogen and oxygen atoms in total. The number of phenols is 1. The van der Waals surface area contributed by atoms with E-state index >= 15 is 8.78 Å². The largest absolute Gasteiger partial charge is 0.504 e. The number of alkyl halides is 2. The van der Waals surface area contributed by atoms with E-state index < -0.39 is 104 Å². The number of halogens is 8. The second-order valence-corrected chi connectivity index (χ2v) is 17.2. The van der Waals surface area contributed by atoms with Crippen LogP contribution in [0.5, 0.6) is 11.5 Å². The summed E-state index contributed by atoms with van der Waals surface area (Å²) >= 11 is 16.3. The molecule has 0 unspecified atom stereocenters. The number of hydrogen-bond donors (Lipinski definition) is 1. The Balaban J connectivity index is 1.21. The van der Waals surface area contributed by atoms with E-state index in [2.05, 4.69) is 4.90 Å². The van der Waals surface area contributed by atoms with Crippen molar-refractivity contribution in [2.45, 2.75) is 53.9 Å². The van der Waals surface area contributed by atoms with Crippen LogP contribution in [0.4, 0.5) is 27.6 Å². The Labute approximate surface area is 340 Å². The van der Waals surface area contributed by atoms with Crippen LogP contribution in [0.25, 0.3) is 0 Å². The molecule has 56 heavy (non-hydrogen) atoms. The van der Waals surface area contributed by atoms with Crippen molar-refractivity contribution in [3.63, 3.8) is 0 Å². The minimum absolute atomic E-state index is 0.0268. The highest BCUT2D eigenvalue weighted by atomic mass is 127. The second-order valence-electron chi connectivity index (χ2n) is 14.8. The van der Waals surface area contributed by atoms with Gasteiger partial charge in [0.15, 0.2) is 44.5 Å². The number of imide groups is 2. The number of hydrogen-bond acceptors (Lipinski definition) is 7. The number of nitrogens with zero attached hydrogens (tertiary/aromatic N) is 3. The van der Waals surface area contributed by atoms with E-state index in [4.69, 9.17) is 27.9 Å². The van der Waals surface area contributed by atoms with E-state index in [9.17, 15) is 37.5 Å². The molecule has 0 radical (unpaired) electrons.